The Bertz CT molecular complexity index is 970. The molecule has 1 N–H and O–H groups in total. The maximum absolute atomic E-state index is 10.8. The van der Waals surface area contributed by atoms with Gasteiger partial charge in [0.15, 0.2) is 0 Å². The SMILES string of the molecule is CC(C)(C)[Si]OC(c1ccccc1)(c1ccccc1)c1cccc(CCCCCC(=O)O)c1. The zero-order valence-electron chi connectivity index (χ0n) is 19.9. The molecule has 172 valence electrons. The average Bonchev–Trinajstić information content (AvgIpc) is 2.80. The number of unbranched alkanes of at least 4 members (excludes halogenated alkanes) is 2. The average molecular weight is 459 g/mol. The highest BCUT2D eigenvalue weighted by Crippen LogP contribution is 2.42. The molecule has 0 unspecified atom stereocenters. The van der Waals surface area contributed by atoms with Gasteiger partial charge in [-0.15, -0.1) is 0 Å². The number of aryl methyl sites for hydroxylation is 1. The minimum absolute atomic E-state index is 0.0383. The number of carbonyl (C=O) groups is 1. The quantitative estimate of drug-likeness (QED) is 0.191. The van der Waals surface area contributed by atoms with Crippen LogP contribution in [-0.2, 0) is 21.2 Å². The largest absolute Gasteiger partial charge is 0.481 e. The van der Waals surface area contributed by atoms with E-state index in [1.807, 2.05) is 12.1 Å². The third-order valence-corrected chi connectivity index (χ3v) is 6.58. The van der Waals surface area contributed by atoms with Crippen LogP contribution in [0.2, 0.25) is 5.04 Å². The summed E-state index contributed by atoms with van der Waals surface area (Å²) in [4.78, 5) is 10.8. The number of carboxylic acid groups (broad SMARTS) is 1. The second kappa shape index (κ2) is 11.4. The van der Waals surface area contributed by atoms with Crippen molar-refractivity contribution in [2.45, 2.75) is 63.5 Å². The van der Waals surface area contributed by atoms with Crippen LogP contribution < -0.4 is 0 Å². The molecule has 3 aromatic carbocycles. The van der Waals surface area contributed by atoms with Gasteiger partial charge in [0, 0.05) is 6.42 Å². The lowest BCUT2D eigenvalue weighted by molar-refractivity contribution is -0.137. The summed E-state index contributed by atoms with van der Waals surface area (Å²) >= 11 is 0. The highest BCUT2D eigenvalue weighted by molar-refractivity contribution is 6.32. The summed E-state index contributed by atoms with van der Waals surface area (Å²) in [5.74, 6) is -0.718. The lowest BCUT2D eigenvalue weighted by Crippen LogP contribution is -2.36. The van der Waals surface area contributed by atoms with Crippen molar-refractivity contribution < 1.29 is 14.3 Å². The van der Waals surface area contributed by atoms with E-state index in [-0.39, 0.29) is 11.5 Å². The monoisotopic (exact) mass is 458 g/mol. The molecular formula is C29H34O3Si. The molecule has 4 heteroatoms. The zero-order valence-corrected chi connectivity index (χ0v) is 20.9. The molecular weight excluding hydrogens is 424 g/mol. The molecule has 2 radical (unpaired) electrons. The van der Waals surface area contributed by atoms with Crippen LogP contribution in [0.3, 0.4) is 0 Å². The maximum atomic E-state index is 10.8. The van der Waals surface area contributed by atoms with Gasteiger partial charge >= 0.3 is 5.97 Å². The molecule has 0 spiro atoms. The Hall–Kier alpha value is -2.69. The third kappa shape index (κ3) is 6.89. The van der Waals surface area contributed by atoms with Crippen LogP contribution in [0, 0.1) is 0 Å². The maximum Gasteiger partial charge on any atom is 0.303 e. The van der Waals surface area contributed by atoms with Gasteiger partial charge in [0.2, 0.25) is 9.76 Å². The van der Waals surface area contributed by atoms with Crippen molar-refractivity contribution in [3.05, 3.63) is 107 Å². The van der Waals surface area contributed by atoms with Gasteiger partial charge in [-0.05, 0) is 46.6 Å². The molecule has 0 heterocycles. The van der Waals surface area contributed by atoms with E-state index in [2.05, 4.69) is 93.6 Å². The fourth-order valence-electron chi connectivity index (χ4n) is 3.98. The highest BCUT2D eigenvalue weighted by atomic mass is 28.2. The Morgan fingerprint density at radius 2 is 1.36 bits per heavy atom. The molecule has 0 aliphatic heterocycles. The minimum Gasteiger partial charge on any atom is -0.481 e. The van der Waals surface area contributed by atoms with Gasteiger partial charge in [0.25, 0.3) is 0 Å². The van der Waals surface area contributed by atoms with Crippen LogP contribution >= 0.6 is 0 Å². The first-order valence-corrected chi connectivity index (χ1v) is 12.6. The van der Waals surface area contributed by atoms with Gasteiger partial charge in [0.1, 0.15) is 5.60 Å². The predicted octanol–water partition coefficient (Wildman–Crippen LogP) is 7.02. The number of hydrogen-bond donors (Lipinski definition) is 1. The molecule has 0 saturated carbocycles. The van der Waals surface area contributed by atoms with E-state index in [9.17, 15) is 4.79 Å². The van der Waals surface area contributed by atoms with Crippen LogP contribution in [0.15, 0.2) is 84.9 Å². The van der Waals surface area contributed by atoms with E-state index in [0.29, 0.717) is 9.76 Å². The number of carboxylic acids is 1. The van der Waals surface area contributed by atoms with Crippen molar-refractivity contribution in [3.63, 3.8) is 0 Å². The fraction of sp³-hybridized carbons (Fsp3) is 0.345. The van der Waals surface area contributed by atoms with Crippen LogP contribution in [0.5, 0.6) is 0 Å². The lowest BCUT2D eigenvalue weighted by Gasteiger charge is -2.38. The molecule has 3 nitrogen and oxygen atoms in total. The molecule has 0 bridgehead atoms. The molecule has 3 rings (SSSR count). The Balaban J connectivity index is 2.01. The van der Waals surface area contributed by atoms with Crippen LogP contribution in [0.1, 0.15) is 68.7 Å². The van der Waals surface area contributed by atoms with Crippen molar-refractivity contribution in [2.75, 3.05) is 0 Å². The fourth-order valence-corrected chi connectivity index (χ4v) is 4.79. The summed E-state index contributed by atoms with van der Waals surface area (Å²) in [5, 5.41) is 8.90. The van der Waals surface area contributed by atoms with Gasteiger partial charge in [-0.2, -0.15) is 0 Å². The molecule has 0 aliphatic carbocycles. The van der Waals surface area contributed by atoms with Gasteiger partial charge in [-0.1, -0.05) is 112 Å². The van der Waals surface area contributed by atoms with E-state index in [0.717, 1.165) is 42.4 Å². The summed E-state index contributed by atoms with van der Waals surface area (Å²) in [6.45, 7) is 6.62. The van der Waals surface area contributed by atoms with Crippen molar-refractivity contribution in [1.82, 2.24) is 0 Å². The molecule has 0 fully saturated rings. The molecule has 3 aromatic rings. The van der Waals surface area contributed by atoms with Crippen LogP contribution in [0.25, 0.3) is 0 Å². The van der Waals surface area contributed by atoms with Gasteiger partial charge in [-0.25, -0.2) is 0 Å². The highest BCUT2D eigenvalue weighted by Gasteiger charge is 2.38. The number of benzene rings is 3. The second-order valence-electron chi connectivity index (χ2n) is 9.52. The first-order valence-electron chi connectivity index (χ1n) is 11.7. The van der Waals surface area contributed by atoms with E-state index in [1.54, 1.807) is 0 Å². The Morgan fingerprint density at radius 3 is 1.91 bits per heavy atom. The molecule has 0 amide bonds. The van der Waals surface area contributed by atoms with Crippen molar-refractivity contribution >= 4 is 15.7 Å². The summed E-state index contributed by atoms with van der Waals surface area (Å²) in [5.41, 5.74) is 3.91. The van der Waals surface area contributed by atoms with Crippen molar-refractivity contribution in [3.8, 4) is 0 Å². The van der Waals surface area contributed by atoms with Crippen molar-refractivity contribution in [1.29, 1.82) is 0 Å². The molecule has 0 aliphatic rings. The van der Waals surface area contributed by atoms with Gasteiger partial charge < -0.3 is 9.53 Å². The number of hydrogen-bond acceptors (Lipinski definition) is 2. The van der Waals surface area contributed by atoms with E-state index in [1.165, 1.54) is 5.56 Å². The molecule has 0 aromatic heterocycles. The number of aliphatic carboxylic acids is 1. The van der Waals surface area contributed by atoms with Gasteiger partial charge in [0.05, 0.1) is 0 Å². The Morgan fingerprint density at radius 1 is 0.788 bits per heavy atom. The zero-order chi connectivity index (χ0) is 23.7. The van der Waals surface area contributed by atoms with Crippen molar-refractivity contribution in [2.24, 2.45) is 0 Å². The smallest absolute Gasteiger partial charge is 0.303 e. The standard InChI is InChI=1S/C29H34O3Si/c1-28(2,3)33-32-29(24-16-8-5-9-17-24,25-18-10-6-11-19-25)26-20-13-15-23(22-26)14-7-4-12-21-27(30)31/h5-6,8-11,13,15-20,22H,4,7,12,14,21H2,1-3H3,(H,30,31). The first-order chi connectivity index (χ1) is 15.8. The summed E-state index contributed by atoms with van der Waals surface area (Å²) in [6, 6.07) is 29.7. The Kier molecular flexibility index (Phi) is 8.65. The van der Waals surface area contributed by atoms with E-state index >= 15 is 0 Å². The predicted molar refractivity (Wildman–Crippen MR) is 136 cm³/mol. The van der Waals surface area contributed by atoms with Crippen LogP contribution in [-0.4, -0.2) is 20.8 Å². The second-order valence-corrected chi connectivity index (χ2v) is 11.4. The number of rotatable bonds is 11. The normalized spacial score (nSPS) is 12.0. The molecule has 33 heavy (non-hydrogen) atoms. The van der Waals surface area contributed by atoms with Crippen LogP contribution in [0.4, 0.5) is 0 Å². The molecule has 0 atom stereocenters. The lowest BCUT2D eigenvalue weighted by atomic mass is 9.79. The summed E-state index contributed by atoms with van der Waals surface area (Å²) in [7, 11) is 0.309. The minimum atomic E-state index is -0.718. The molecule has 0 saturated heterocycles. The van der Waals surface area contributed by atoms with Gasteiger partial charge in [-0.3, -0.25) is 4.79 Å². The Labute approximate surface area is 200 Å². The summed E-state index contributed by atoms with van der Waals surface area (Å²) < 4.78 is 6.94. The van der Waals surface area contributed by atoms with E-state index in [4.69, 9.17) is 9.53 Å². The first kappa shape index (κ1) is 24.9. The summed E-state index contributed by atoms with van der Waals surface area (Å²) in [6.07, 6.45) is 3.79. The van der Waals surface area contributed by atoms with E-state index < -0.39 is 11.6 Å². The third-order valence-electron chi connectivity index (χ3n) is 5.56. The topological polar surface area (TPSA) is 46.5 Å².